The number of pyridine rings is 2. The first-order valence-electron chi connectivity index (χ1n) is 8.74. The second-order valence-corrected chi connectivity index (χ2v) is 8.03. The Labute approximate surface area is 171 Å². The topological polar surface area (TPSA) is 145 Å². The Hall–Kier alpha value is -3.83. The predicted molar refractivity (Wildman–Crippen MR) is 113 cm³/mol. The first-order valence-corrected chi connectivity index (χ1v) is 10.3. The quantitative estimate of drug-likeness (QED) is 0.441. The van der Waals surface area contributed by atoms with Gasteiger partial charge < -0.3 is 15.2 Å². The Balaban J connectivity index is 1.84. The fourth-order valence-corrected chi connectivity index (χ4v) is 3.45. The number of nitrogens with two attached hydrogens (primary N) is 1. The zero-order valence-corrected chi connectivity index (χ0v) is 16.6. The first-order chi connectivity index (χ1) is 14.3. The van der Waals surface area contributed by atoms with Crippen molar-refractivity contribution in [2.24, 2.45) is 12.2 Å². The lowest BCUT2D eigenvalue weighted by molar-refractivity contribution is 0.598. The monoisotopic (exact) mass is 423 g/mol. The Kier molecular flexibility index (Phi) is 4.90. The molecule has 0 spiro atoms. The molecule has 1 aromatic carbocycles. The van der Waals surface area contributed by atoms with Gasteiger partial charge in [0.25, 0.3) is 5.56 Å². The SMILES string of the molecule is Cn1ccc2cc(Nc3cnccn3)nc(Nc3cccc(S(N)(=O)=O)c3)c2c1=O. The van der Waals surface area contributed by atoms with E-state index in [0.717, 1.165) is 0 Å². The maximum Gasteiger partial charge on any atom is 0.261 e. The smallest absolute Gasteiger partial charge is 0.261 e. The predicted octanol–water partition coefficient (Wildman–Crippen LogP) is 1.86. The third-order valence-electron chi connectivity index (χ3n) is 4.31. The number of sulfonamides is 1. The summed E-state index contributed by atoms with van der Waals surface area (Å²) in [7, 11) is -2.24. The van der Waals surface area contributed by atoms with Crippen molar-refractivity contribution >= 4 is 43.9 Å². The van der Waals surface area contributed by atoms with Crippen LogP contribution in [-0.2, 0) is 17.1 Å². The van der Waals surface area contributed by atoms with E-state index in [-0.39, 0.29) is 16.3 Å². The molecule has 0 aliphatic rings. The number of rotatable bonds is 5. The molecule has 4 rings (SSSR count). The number of aryl methyl sites for hydroxylation is 1. The number of nitrogens with one attached hydrogen (secondary N) is 2. The van der Waals surface area contributed by atoms with Crippen molar-refractivity contribution in [3.05, 3.63) is 71.5 Å². The van der Waals surface area contributed by atoms with E-state index in [0.29, 0.717) is 28.1 Å². The lowest BCUT2D eigenvalue weighted by Gasteiger charge is -2.13. The van der Waals surface area contributed by atoms with Crippen LogP contribution >= 0.6 is 0 Å². The minimum atomic E-state index is -3.88. The van der Waals surface area contributed by atoms with Crippen molar-refractivity contribution in [1.82, 2.24) is 19.5 Å². The van der Waals surface area contributed by atoms with Gasteiger partial charge in [0, 0.05) is 31.3 Å². The molecule has 0 saturated carbocycles. The highest BCUT2D eigenvalue weighted by Gasteiger charge is 2.14. The summed E-state index contributed by atoms with van der Waals surface area (Å²) in [4.78, 5) is 25.4. The van der Waals surface area contributed by atoms with E-state index in [9.17, 15) is 13.2 Å². The van der Waals surface area contributed by atoms with Crippen molar-refractivity contribution in [1.29, 1.82) is 0 Å². The van der Waals surface area contributed by atoms with Crippen molar-refractivity contribution < 1.29 is 8.42 Å². The fourth-order valence-electron chi connectivity index (χ4n) is 2.89. The molecule has 0 radical (unpaired) electrons. The minimum Gasteiger partial charge on any atom is -0.339 e. The molecule has 10 nitrogen and oxygen atoms in total. The van der Waals surface area contributed by atoms with Gasteiger partial charge in [0.15, 0.2) is 0 Å². The van der Waals surface area contributed by atoms with Crippen LogP contribution in [0.3, 0.4) is 0 Å². The Bertz CT molecular complexity index is 1400. The molecule has 11 heteroatoms. The van der Waals surface area contributed by atoms with Gasteiger partial charge in [0.05, 0.1) is 16.5 Å². The third kappa shape index (κ3) is 3.97. The first kappa shape index (κ1) is 19.5. The molecule has 3 heterocycles. The number of hydrogen-bond acceptors (Lipinski definition) is 8. The van der Waals surface area contributed by atoms with Crippen LogP contribution in [0.15, 0.2) is 70.9 Å². The van der Waals surface area contributed by atoms with Crippen molar-refractivity contribution in [2.45, 2.75) is 4.90 Å². The van der Waals surface area contributed by atoms with Gasteiger partial charge in [0.1, 0.15) is 17.5 Å². The molecule has 0 aliphatic heterocycles. The lowest BCUT2D eigenvalue weighted by atomic mass is 10.2. The van der Waals surface area contributed by atoms with Gasteiger partial charge in [-0.1, -0.05) is 6.07 Å². The molecule has 0 saturated heterocycles. The van der Waals surface area contributed by atoms with E-state index in [1.807, 2.05) is 0 Å². The number of anilines is 4. The average Bonchev–Trinajstić information content (AvgIpc) is 2.71. The van der Waals surface area contributed by atoms with Gasteiger partial charge in [-0.3, -0.25) is 9.78 Å². The Morgan fingerprint density at radius 2 is 1.90 bits per heavy atom. The molecule has 0 atom stereocenters. The molecular formula is C19H17N7O3S. The van der Waals surface area contributed by atoms with Crippen LogP contribution in [0.5, 0.6) is 0 Å². The summed E-state index contributed by atoms with van der Waals surface area (Å²) in [5.41, 5.74) is 0.161. The minimum absolute atomic E-state index is 0.0569. The second kappa shape index (κ2) is 7.54. The van der Waals surface area contributed by atoms with Crippen molar-refractivity contribution in [2.75, 3.05) is 10.6 Å². The largest absolute Gasteiger partial charge is 0.339 e. The number of primary sulfonamides is 1. The summed E-state index contributed by atoms with van der Waals surface area (Å²) in [5, 5.41) is 12.3. The highest BCUT2D eigenvalue weighted by molar-refractivity contribution is 7.89. The van der Waals surface area contributed by atoms with E-state index in [2.05, 4.69) is 25.6 Å². The number of benzene rings is 1. The Morgan fingerprint density at radius 3 is 2.63 bits per heavy atom. The fraction of sp³-hybridized carbons (Fsp3) is 0.0526. The zero-order valence-electron chi connectivity index (χ0n) is 15.8. The lowest BCUT2D eigenvalue weighted by Crippen LogP contribution is -2.17. The maximum atomic E-state index is 12.8. The van der Waals surface area contributed by atoms with Gasteiger partial charge >= 0.3 is 0 Å². The van der Waals surface area contributed by atoms with E-state index < -0.39 is 10.0 Å². The molecule has 4 aromatic rings. The van der Waals surface area contributed by atoms with Crippen LogP contribution in [0.25, 0.3) is 10.8 Å². The average molecular weight is 423 g/mol. The molecular weight excluding hydrogens is 406 g/mol. The highest BCUT2D eigenvalue weighted by Crippen LogP contribution is 2.27. The highest BCUT2D eigenvalue weighted by atomic mass is 32.2. The summed E-state index contributed by atoms with van der Waals surface area (Å²) >= 11 is 0. The normalized spacial score (nSPS) is 11.4. The van der Waals surface area contributed by atoms with Crippen LogP contribution in [0.4, 0.5) is 23.1 Å². The van der Waals surface area contributed by atoms with Crippen molar-refractivity contribution in [3.8, 4) is 0 Å². The van der Waals surface area contributed by atoms with Crippen LogP contribution in [0.1, 0.15) is 0 Å². The second-order valence-electron chi connectivity index (χ2n) is 6.47. The number of hydrogen-bond donors (Lipinski definition) is 3. The van der Waals surface area contributed by atoms with E-state index in [4.69, 9.17) is 5.14 Å². The zero-order chi connectivity index (χ0) is 21.3. The molecule has 0 fully saturated rings. The summed E-state index contributed by atoms with van der Waals surface area (Å²) in [6.45, 7) is 0. The summed E-state index contributed by atoms with van der Waals surface area (Å²) in [5.74, 6) is 1.17. The maximum absolute atomic E-state index is 12.8. The van der Waals surface area contributed by atoms with Gasteiger partial charge in [-0.2, -0.15) is 0 Å². The number of nitrogens with zero attached hydrogens (tertiary/aromatic N) is 4. The standard InChI is InChI=1S/C19H17N7O3S/c1-26-8-5-12-9-15(24-16-11-21-6-7-22-16)25-18(17(12)19(26)27)23-13-3-2-4-14(10-13)30(20,28)29/h2-11H,1H3,(H2,20,28,29)(H2,22,23,24,25). The molecule has 3 aromatic heterocycles. The van der Waals surface area contributed by atoms with E-state index in [1.165, 1.54) is 22.9 Å². The van der Waals surface area contributed by atoms with Gasteiger partial charge in [-0.15, -0.1) is 0 Å². The molecule has 0 unspecified atom stereocenters. The van der Waals surface area contributed by atoms with Crippen molar-refractivity contribution in [3.63, 3.8) is 0 Å². The van der Waals surface area contributed by atoms with Crippen LogP contribution < -0.4 is 21.3 Å². The van der Waals surface area contributed by atoms with Gasteiger partial charge in [0.2, 0.25) is 10.0 Å². The van der Waals surface area contributed by atoms with Gasteiger partial charge in [-0.05, 0) is 35.7 Å². The molecule has 0 amide bonds. The number of aromatic nitrogens is 4. The van der Waals surface area contributed by atoms with E-state index >= 15 is 0 Å². The van der Waals surface area contributed by atoms with Gasteiger partial charge in [-0.25, -0.2) is 23.5 Å². The molecule has 0 aliphatic carbocycles. The summed E-state index contributed by atoms with van der Waals surface area (Å²) < 4.78 is 24.8. The molecule has 0 bridgehead atoms. The summed E-state index contributed by atoms with van der Waals surface area (Å²) in [6.07, 6.45) is 6.28. The third-order valence-corrected chi connectivity index (χ3v) is 5.22. The van der Waals surface area contributed by atoms with Crippen LogP contribution in [0, 0.1) is 0 Å². The molecule has 30 heavy (non-hydrogen) atoms. The van der Waals surface area contributed by atoms with Crippen LogP contribution in [0.2, 0.25) is 0 Å². The summed E-state index contributed by atoms with van der Waals surface area (Å²) in [6, 6.07) is 9.46. The molecule has 152 valence electrons. The number of fused-ring (bicyclic) bond motifs is 1. The molecule has 4 N–H and O–H groups in total. The Morgan fingerprint density at radius 1 is 1.07 bits per heavy atom. The van der Waals surface area contributed by atoms with E-state index in [1.54, 1.807) is 49.9 Å². The van der Waals surface area contributed by atoms with Crippen LogP contribution in [-0.4, -0.2) is 27.9 Å².